The van der Waals surface area contributed by atoms with Crippen molar-refractivity contribution in [1.29, 1.82) is 0 Å². The summed E-state index contributed by atoms with van der Waals surface area (Å²) in [4.78, 5) is 23.0. The largest absolute Gasteiger partial charge is 0.298 e. The Morgan fingerprint density at radius 3 is 2.50 bits per heavy atom. The summed E-state index contributed by atoms with van der Waals surface area (Å²) >= 11 is 0. The first-order valence-electron chi connectivity index (χ1n) is 8.98. The summed E-state index contributed by atoms with van der Waals surface area (Å²) in [7, 11) is 0. The summed E-state index contributed by atoms with van der Waals surface area (Å²) < 4.78 is 0. The topological polar surface area (TPSA) is 62.8 Å². The van der Waals surface area contributed by atoms with Gasteiger partial charge in [-0.05, 0) is 54.0 Å². The van der Waals surface area contributed by atoms with Crippen LogP contribution in [0.2, 0.25) is 0 Å². The Balaban J connectivity index is 1.68. The molecule has 0 spiro atoms. The standard InChI is InChI=1S/C22H20N2O2/c25-14-16-6-4-8-18(12-16)17-7-3-5-15(11-17)13-21-19-9-1-2-10-20(19)22(26)24-23-21/h3-8,11-12,14H,1-2,9-10,13H2,(H,24,26). The Kier molecular flexibility index (Phi) is 4.48. The molecule has 0 unspecified atom stereocenters. The summed E-state index contributed by atoms with van der Waals surface area (Å²) in [5, 5.41) is 7.00. The van der Waals surface area contributed by atoms with E-state index in [0.717, 1.165) is 65.5 Å². The Morgan fingerprint density at radius 1 is 0.962 bits per heavy atom. The fraction of sp³-hybridized carbons (Fsp3) is 0.227. The number of fused-ring (bicyclic) bond motifs is 1. The summed E-state index contributed by atoms with van der Waals surface area (Å²) in [6.45, 7) is 0. The zero-order valence-electron chi connectivity index (χ0n) is 14.5. The number of rotatable bonds is 4. The smallest absolute Gasteiger partial charge is 0.267 e. The van der Waals surface area contributed by atoms with E-state index in [2.05, 4.69) is 22.3 Å². The second-order valence-electron chi connectivity index (χ2n) is 6.78. The van der Waals surface area contributed by atoms with Crippen LogP contribution < -0.4 is 5.56 Å². The highest BCUT2D eigenvalue weighted by Crippen LogP contribution is 2.25. The van der Waals surface area contributed by atoms with E-state index in [9.17, 15) is 9.59 Å². The van der Waals surface area contributed by atoms with Crippen molar-refractivity contribution in [3.05, 3.63) is 86.8 Å². The molecule has 2 aromatic carbocycles. The predicted molar refractivity (Wildman–Crippen MR) is 102 cm³/mol. The van der Waals surface area contributed by atoms with E-state index in [1.807, 2.05) is 30.3 Å². The summed E-state index contributed by atoms with van der Waals surface area (Å²) in [5.74, 6) is 0. The molecule has 0 fully saturated rings. The molecular formula is C22H20N2O2. The van der Waals surface area contributed by atoms with Crippen LogP contribution in [0.4, 0.5) is 0 Å². The van der Waals surface area contributed by atoms with Crippen molar-refractivity contribution >= 4 is 6.29 Å². The maximum absolute atomic E-state index is 12.0. The van der Waals surface area contributed by atoms with Crippen LogP contribution in [0.25, 0.3) is 11.1 Å². The molecule has 1 aromatic heterocycles. The van der Waals surface area contributed by atoms with Crippen molar-refractivity contribution in [1.82, 2.24) is 10.2 Å². The molecule has 26 heavy (non-hydrogen) atoms. The average molecular weight is 344 g/mol. The zero-order valence-corrected chi connectivity index (χ0v) is 14.5. The Hall–Kier alpha value is -3.01. The lowest BCUT2D eigenvalue weighted by Crippen LogP contribution is -2.23. The highest BCUT2D eigenvalue weighted by atomic mass is 16.1. The fourth-order valence-electron chi connectivity index (χ4n) is 3.72. The van der Waals surface area contributed by atoms with Crippen molar-refractivity contribution in [2.75, 3.05) is 0 Å². The van der Waals surface area contributed by atoms with E-state index in [4.69, 9.17) is 0 Å². The Morgan fingerprint density at radius 2 is 1.69 bits per heavy atom. The molecule has 0 aliphatic heterocycles. The molecule has 1 N–H and O–H groups in total. The summed E-state index contributed by atoms with van der Waals surface area (Å²) in [6, 6.07) is 15.9. The van der Waals surface area contributed by atoms with E-state index in [1.165, 1.54) is 0 Å². The van der Waals surface area contributed by atoms with Crippen molar-refractivity contribution in [3.8, 4) is 11.1 Å². The third-order valence-electron chi connectivity index (χ3n) is 5.04. The molecule has 4 rings (SSSR count). The quantitative estimate of drug-likeness (QED) is 0.734. The normalized spacial score (nSPS) is 13.2. The van der Waals surface area contributed by atoms with Crippen molar-refractivity contribution in [3.63, 3.8) is 0 Å². The Bertz CT molecular complexity index is 1020. The van der Waals surface area contributed by atoms with Gasteiger partial charge < -0.3 is 0 Å². The van der Waals surface area contributed by atoms with Crippen LogP contribution in [0.3, 0.4) is 0 Å². The fourth-order valence-corrected chi connectivity index (χ4v) is 3.72. The van der Waals surface area contributed by atoms with E-state index in [-0.39, 0.29) is 5.56 Å². The van der Waals surface area contributed by atoms with Crippen molar-refractivity contribution in [2.24, 2.45) is 0 Å². The zero-order chi connectivity index (χ0) is 17.9. The van der Waals surface area contributed by atoms with Gasteiger partial charge in [0.1, 0.15) is 6.29 Å². The number of hydrogen-bond acceptors (Lipinski definition) is 3. The van der Waals surface area contributed by atoms with Crippen molar-refractivity contribution in [2.45, 2.75) is 32.1 Å². The van der Waals surface area contributed by atoms with Crippen LogP contribution in [0.1, 0.15) is 45.6 Å². The number of H-pyrrole nitrogens is 1. The minimum atomic E-state index is -0.0390. The van der Waals surface area contributed by atoms with E-state index < -0.39 is 0 Å². The molecule has 0 saturated heterocycles. The maximum Gasteiger partial charge on any atom is 0.267 e. The van der Waals surface area contributed by atoms with Crippen LogP contribution in [0.5, 0.6) is 0 Å². The van der Waals surface area contributed by atoms with Crippen LogP contribution in [-0.2, 0) is 19.3 Å². The number of carbonyl (C=O) groups is 1. The number of aromatic amines is 1. The second kappa shape index (κ2) is 7.08. The first-order valence-corrected chi connectivity index (χ1v) is 8.98. The van der Waals surface area contributed by atoms with Gasteiger partial charge in [0.15, 0.2) is 0 Å². The number of nitrogens with zero attached hydrogens (tertiary/aromatic N) is 1. The van der Waals surface area contributed by atoms with Crippen molar-refractivity contribution < 1.29 is 4.79 Å². The molecule has 0 radical (unpaired) electrons. The molecule has 1 aliphatic carbocycles. The number of nitrogens with one attached hydrogen (secondary N) is 1. The van der Waals surface area contributed by atoms with Crippen LogP contribution in [0.15, 0.2) is 53.3 Å². The molecule has 130 valence electrons. The van der Waals surface area contributed by atoms with E-state index in [0.29, 0.717) is 12.0 Å². The number of benzene rings is 2. The lowest BCUT2D eigenvalue weighted by Gasteiger charge is -2.17. The summed E-state index contributed by atoms with van der Waals surface area (Å²) in [6.07, 6.45) is 5.53. The maximum atomic E-state index is 12.0. The molecule has 0 saturated carbocycles. The highest BCUT2D eigenvalue weighted by molar-refractivity contribution is 5.79. The summed E-state index contributed by atoms with van der Waals surface area (Å²) in [5.41, 5.74) is 6.89. The SMILES string of the molecule is O=Cc1cccc(-c2cccc(Cc3n[nH]c(=O)c4c3CCCC4)c2)c1. The first-order chi connectivity index (χ1) is 12.7. The van der Waals surface area contributed by atoms with Gasteiger partial charge in [-0.3, -0.25) is 9.59 Å². The molecule has 1 aliphatic rings. The van der Waals surface area contributed by atoms with Gasteiger partial charge in [0.05, 0.1) is 5.69 Å². The van der Waals surface area contributed by atoms with Crippen LogP contribution in [0, 0.1) is 0 Å². The van der Waals surface area contributed by atoms with Gasteiger partial charge in [-0.2, -0.15) is 5.10 Å². The van der Waals surface area contributed by atoms with Crippen LogP contribution in [-0.4, -0.2) is 16.5 Å². The number of aldehydes is 1. The molecule has 0 atom stereocenters. The molecule has 4 heteroatoms. The molecule has 4 nitrogen and oxygen atoms in total. The van der Waals surface area contributed by atoms with Gasteiger partial charge in [-0.25, -0.2) is 5.10 Å². The van der Waals surface area contributed by atoms with Gasteiger partial charge >= 0.3 is 0 Å². The van der Waals surface area contributed by atoms with Gasteiger partial charge in [0.25, 0.3) is 5.56 Å². The number of carbonyl (C=O) groups excluding carboxylic acids is 1. The molecule has 3 aromatic rings. The monoisotopic (exact) mass is 344 g/mol. The van der Waals surface area contributed by atoms with Gasteiger partial charge in [-0.1, -0.05) is 42.5 Å². The second-order valence-corrected chi connectivity index (χ2v) is 6.78. The molecule has 0 amide bonds. The third kappa shape index (κ3) is 3.23. The van der Waals surface area contributed by atoms with E-state index >= 15 is 0 Å². The minimum Gasteiger partial charge on any atom is -0.298 e. The number of hydrogen-bond donors (Lipinski definition) is 1. The van der Waals surface area contributed by atoms with Gasteiger partial charge in [0, 0.05) is 17.5 Å². The molecule has 1 heterocycles. The third-order valence-corrected chi connectivity index (χ3v) is 5.04. The van der Waals surface area contributed by atoms with Crippen LogP contribution >= 0.6 is 0 Å². The highest BCUT2D eigenvalue weighted by Gasteiger charge is 2.18. The van der Waals surface area contributed by atoms with Gasteiger partial charge in [0.2, 0.25) is 0 Å². The predicted octanol–water partition coefficient (Wildman–Crippen LogP) is 3.72. The lowest BCUT2D eigenvalue weighted by molar-refractivity contribution is 0.112. The molecular weight excluding hydrogens is 324 g/mol. The number of aromatic nitrogens is 2. The van der Waals surface area contributed by atoms with Gasteiger partial charge in [-0.15, -0.1) is 0 Å². The molecule has 0 bridgehead atoms. The lowest BCUT2D eigenvalue weighted by atomic mass is 9.90. The minimum absolute atomic E-state index is 0.0390. The first kappa shape index (κ1) is 16.5. The van der Waals surface area contributed by atoms with E-state index in [1.54, 1.807) is 6.07 Å². The average Bonchev–Trinajstić information content (AvgIpc) is 2.71. The Labute approximate surface area is 151 Å².